The lowest BCUT2D eigenvalue weighted by Crippen LogP contribution is -2.17. The molecule has 2 aromatic rings. The van der Waals surface area contributed by atoms with Crippen LogP contribution >= 0.6 is 27.3 Å². The zero-order chi connectivity index (χ0) is 12.3. The second kappa shape index (κ2) is 5.75. The maximum atomic E-state index is 4.05. The standard InChI is InChI=1S/C11H15BrN4S/c1-8-10(12)5-9(17-8)6-13-4-3-11-15-14-7-16(11)2/h5,7,13H,3-4,6H2,1-2H3. The SMILES string of the molecule is Cc1sc(CNCCc2nncn2C)cc1Br. The number of nitrogens with one attached hydrogen (secondary N) is 1. The Morgan fingerprint density at radius 3 is 2.94 bits per heavy atom. The highest BCUT2D eigenvalue weighted by molar-refractivity contribution is 9.10. The molecule has 0 bridgehead atoms. The molecule has 0 unspecified atom stereocenters. The summed E-state index contributed by atoms with van der Waals surface area (Å²) in [5, 5.41) is 11.3. The van der Waals surface area contributed by atoms with E-state index in [0.29, 0.717) is 0 Å². The molecule has 1 N–H and O–H groups in total. The molecule has 0 aliphatic rings. The van der Waals surface area contributed by atoms with Crippen molar-refractivity contribution in [2.75, 3.05) is 6.54 Å². The van der Waals surface area contributed by atoms with Gasteiger partial charge in [0.2, 0.25) is 0 Å². The fourth-order valence-corrected chi connectivity index (χ4v) is 3.12. The Hall–Kier alpha value is -0.720. The Bertz CT molecular complexity index is 472. The van der Waals surface area contributed by atoms with E-state index in [0.717, 1.165) is 25.3 Å². The molecule has 0 aromatic carbocycles. The molecule has 0 spiro atoms. The fraction of sp³-hybridized carbons (Fsp3) is 0.455. The van der Waals surface area contributed by atoms with Gasteiger partial charge in [0.05, 0.1) is 0 Å². The molecule has 17 heavy (non-hydrogen) atoms. The third-order valence-electron chi connectivity index (χ3n) is 2.54. The lowest BCUT2D eigenvalue weighted by Gasteiger charge is -2.02. The molecule has 6 heteroatoms. The van der Waals surface area contributed by atoms with Gasteiger partial charge in [-0.2, -0.15) is 0 Å². The first-order chi connectivity index (χ1) is 8.16. The van der Waals surface area contributed by atoms with Crippen LogP contribution in [-0.2, 0) is 20.0 Å². The summed E-state index contributed by atoms with van der Waals surface area (Å²) in [7, 11) is 1.97. The smallest absolute Gasteiger partial charge is 0.133 e. The topological polar surface area (TPSA) is 42.7 Å². The van der Waals surface area contributed by atoms with E-state index in [4.69, 9.17) is 0 Å². The van der Waals surface area contributed by atoms with Crippen molar-refractivity contribution in [1.29, 1.82) is 0 Å². The summed E-state index contributed by atoms with van der Waals surface area (Å²) in [5.74, 6) is 1.01. The maximum absolute atomic E-state index is 4.05. The molecule has 0 saturated heterocycles. The van der Waals surface area contributed by atoms with Gasteiger partial charge in [-0.1, -0.05) is 0 Å². The largest absolute Gasteiger partial charge is 0.321 e. The van der Waals surface area contributed by atoms with Gasteiger partial charge in [0, 0.05) is 40.8 Å². The minimum atomic E-state index is 0.905. The average molecular weight is 315 g/mol. The molecule has 92 valence electrons. The van der Waals surface area contributed by atoms with E-state index >= 15 is 0 Å². The molecule has 0 aliphatic carbocycles. The average Bonchev–Trinajstić information content (AvgIpc) is 2.82. The van der Waals surface area contributed by atoms with Crippen LogP contribution in [-0.4, -0.2) is 21.3 Å². The lowest BCUT2D eigenvalue weighted by molar-refractivity contribution is 0.658. The summed E-state index contributed by atoms with van der Waals surface area (Å²) in [6, 6.07) is 2.18. The van der Waals surface area contributed by atoms with Crippen LogP contribution in [0.2, 0.25) is 0 Å². The zero-order valence-corrected chi connectivity index (χ0v) is 12.3. The Kier molecular flexibility index (Phi) is 4.31. The summed E-state index contributed by atoms with van der Waals surface area (Å²) in [4.78, 5) is 2.68. The van der Waals surface area contributed by atoms with Crippen molar-refractivity contribution >= 4 is 27.3 Å². The number of aromatic nitrogens is 3. The molecule has 2 rings (SSSR count). The summed E-state index contributed by atoms with van der Waals surface area (Å²) in [6.07, 6.45) is 2.64. The van der Waals surface area contributed by atoms with Crippen molar-refractivity contribution < 1.29 is 0 Å². The minimum absolute atomic E-state index is 0.905. The second-order valence-corrected chi connectivity index (χ2v) is 6.10. The van der Waals surface area contributed by atoms with E-state index in [-0.39, 0.29) is 0 Å². The quantitative estimate of drug-likeness (QED) is 0.861. The van der Waals surface area contributed by atoms with Crippen LogP contribution in [0, 0.1) is 6.92 Å². The first-order valence-electron chi connectivity index (χ1n) is 5.45. The number of hydrogen-bond acceptors (Lipinski definition) is 4. The summed E-state index contributed by atoms with van der Waals surface area (Å²) < 4.78 is 3.15. The van der Waals surface area contributed by atoms with Gasteiger partial charge in [0.25, 0.3) is 0 Å². The lowest BCUT2D eigenvalue weighted by atomic mass is 10.4. The summed E-state index contributed by atoms with van der Waals surface area (Å²) >= 11 is 5.35. The third kappa shape index (κ3) is 3.37. The first kappa shape index (κ1) is 12.7. The minimum Gasteiger partial charge on any atom is -0.321 e. The predicted molar refractivity (Wildman–Crippen MR) is 73.2 cm³/mol. The van der Waals surface area contributed by atoms with E-state index < -0.39 is 0 Å². The molecule has 0 amide bonds. The van der Waals surface area contributed by atoms with Crippen molar-refractivity contribution in [2.24, 2.45) is 7.05 Å². The van der Waals surface area contributed by atoms with Gasteiger partial charge in [-0.15, -0.1) is 21.5 Å². The molecule has 0 aliphatic heterocycles. The van der Waals surface area contributed by atoms with Gasteiger partial charge in [0.15, 0.2) is 0 Å². The number of rotatable bonds is 5. The third-order valence-corrected chi connectivity index (χ3v) is 4.67. The van der Waals surface area contributed by atoms with Crippen molar-refractivity contribution in [3.05, 3.63) is 32.4 Å². The number of aryl methyl sites for hydroxylation is 2. The highest BCUT2D eigenvalue weighted by atomic mass is 79.9. The van der Waals surface area contributed by atoms with Crippen LogP contribution in [0.25, 0.3) is 0 Å². The molecule has 0 radical (unpaired) electrons. The van der Waals surface area contributed by atoms with Crippen LogP contribution in [0.5, 0.6) is 0 Å². The van der Waals surface area contributed by atoms with Crippen LogP contribution in [0.4, 0.5) is 0 Å². The molecule has 2 aromatic heterocycles. The van der Waals surface area contributed by atoms with Crippen LogP contribution in [0.3, 0.4) is 0 Å². The Balaban J connectivity index is 1.75. The number of hydrogen-bond donors (Lipinski definition) is 1. The van der Waals surface area contributed by atoms with Gasteiger partial charge in [-0.3, -0.25) is 0 Å². The van der Waals surface area contributed by atoms with Gasteiger partial charge in [-0.25, -0.2) is 0 Å². The number of halogens is 1. The molecular weight excluding hydrogens is 300 g/mol. The fourth-order valence-electron chi connectivity index (χ4n) is 1.55. The number of nitrogens with zero attached hydrogens (tertiary/aromatic N) is 3. The second-order valence-electron chi connectivity index (χ2n) is 3.90. The van der Waals surface area contributed by atoms with Gasteiger partial charge in [0.1, 0.15) is 12.2 Å². The Morgan fingerprint density at radius 1 is 1.53 bits per heavy atom. The van der Waals surface area contributed by atoms with E-state index in [1.807, 2.05) is 23.0 Å². The van der Waals surface area contributed by atoms with Crippen LogP contribution in [0.15, 0.2) is 16.9 Å². The van der Waals surface area contributed by atoms with Crippen molar-refractivity contribution in [2.45, 2.75) is 19.9 Å². The van der Waals surface area contributed by atoms with Gasteiger partial charge >= 0.3 is 0 Å². The van der Waals surface area contributed by atoms with E-state index in [2.05, 4.69) is 44.4 Å². The van der Waals surface area contributed by atoms with Crippen molar-refractivity contribution in [1.82, 2.24) is 20.1 Å². The van der Waals surface area contributed by atoms with Gasteiger partial charge in [-0.05, 0) is 28.9 Å². The van der Waals surface area contributed by atoms with Crippen LogP contribution in [0.1, 0.15) is 15.6 Å². The van der Waals surface area contributed by atoms with Crippen molar-refractivity contribution in [3.8, 4) is 0 Å². The summed E-state index contributed by atoms with van der Waals surface area (Å²) in [6.45, 7) is 3.95. The van der Waals surface area contributed by atoms with Crippen molar-refractivity contribution in [3.63, 3.8) is 0 Å². The molecule has 0 fully saturated rings. The molecule has 4 nitrogen and oxygen atoms in total. The monoisotopic (exact) mass is 314 g/mol. The molecule has 2 heterocycles. The van der Waals surface area contributed by atoms with E-state index in [1.165, 1.54) is 14.2 Å². The van der Waals surface area contributed by atoms with Crippen LogP contribution < -0.4 is 5.32 Å². The molecule has 0 atom stereocenters. The maximum Gasteiger partial charge on any atom is 0.133 e. The highest BCUT2D eigenvalue weighted by Crippen LogP contribution is 2.25. The predicted octanol–water partition coefficient (Wildman–Crippen LogP) is 2.28. The molecular formula is C11H15BrN4S. The number of thiophene rings is 1. The molecule has 0 saturated carbocycles. The van der Waals surface area contributed by atoms with E-state index in [9.17, 15) is 0 Å². The highest BCUT2D eigenvalue weighted by Gasteiger charge is 2.03. The Morgan fingerprint density at radius 2 is 2.35 bits per heavy atom. The normalized spacial score (nSPS) is 11.0. The Labute approximate surface area is 113 Å². The summed E-state index contributed by atoms with van der Waals surface area (Å²) in [5.41, 5.74) is 0. The zero-order valence-electron chi connectivity index (χ0n) is 9.90. The first-order valence-corrected chi connectivity index (χ1v) is 7.06. The van der Waals surface area contributed by atoms with Gasteiger partial charge < -0.3 is 9.88 Å². The van der Waals surface area contributed by atoms with E-state index in [1.54, 1.807) is 6.33 Å².